The molecular formula is C22H33F3N4O. The molecule has 1 atom stereocenters. The molecule has 2 heterocycles. The number of nitrogens with one attached hydrogen (secondary N) is 2. The van der Waals surface area contributed by atoms with Crippen molar-refractivity contribution in [2.24, 2.45) is 10.9 Å². The van der Waals surface area contributed by atoms with Crippen LogP contribution in [0, 0.1) is 5.92 Å². The molecule has 0 saturated carbocycles. The van der Waals surface area contributed by atoms with E-state index in [9.17, 15) is 13.2 Å². The SMILES string of the molecule is CCNC(=NCC1CCOc2ccccc21)NCCC1CCN(CC(F)(F)F)CC1. The Kier molecular flexibility index (Phi) is 8.24. The number of hydrogen-bond acceptors (Lipinski definition) is 3. The highest BCUT2D eigenvalue weighted by atomic mass is 19.4. The number of fused-ring (bicyclic) bond motifs is 1. The second-order valence-electron chi connectivity index (χ2n) is 8.14. The number of alkyl halides is 3. The molecule has 1 aromatic carbocycles. The van der Waals surface area contributed by atoms with E-state index in [0.717, 1.165) is 50.5 Å². The monoisotopic (exact) mass is 426 g/mol. The summed E-state index contributed by atoms with van der Waals surface area (Å²) in [5.41, 5.74) is 1.22. The minimum atomic E-state index is -4.10. The molecule has 2 N–H and O–H groups in total. The number of likely N-dealkylation sites (tertiary alicyclic amines) is 1. The number of rotatable bonds is 7. The van der Waals surface area contributed by atoms with Crippen LogP contribution in [-0.4, -0.2) is 62.9 Å². The largest absolute Gasteiger partial charge is 0.493 e. The first kappa shape index (κ1) is 22.7. The zero-order valence-corrected chi connectivity index (χ0v) is 17.7. The Bertz CT molecular complexity index is 687. The van der Waals surface area contributed by atoms with E-state index in [1.54, 1.807) is 0 Å². The van der Waals surface area contributed by atoms with Gasteiger partial charge in [-0.3, -0.25) is 9.89 Å². The lowest BCUT2D eigenvalue weighted by Gasteiger charge is -2.32. The van der Waals surface area contributed by atoms with Crippen molar-refractivity contribution < 1.29 is 17.9 Å². The minimum absolute atomic E-state index is 0.350. The number of nitrogens with zero attached hydrogens (tertiary/aromatic N) is 2. The van der Waals surface area contributed by atoms with Crippen LogP contribution in [0.1, 0.15) is 44.1 Å². The predicted molar refractivity (Wildman–Crippen MR) is 113 cm³/mol. The van der Waals surface area contributed by atoms with Crippen LogP contribution in [-0.2, 0) is 0 Å². The molecule has 168 valence electrons. The first-order valence-electron chi connectivity index (χ1n) is 11.0. The molecule has 1 fully saturated rings. The van der Waals surface area contributed by atoms with E-state index in [2.05, 4.69) is 16.7 Å². The standard InChI is InChI=1S/C22H33F3N4O/c1-2-26-21(28-15-18-10-14-30-20-6-4-3-5-19(18)20)27-11-7-17-8-12-29(13-9-17)16-22(23,24)25/h3-6,17-18H,2,7-16H2,1H3,(H2,26,27,28). The Hall–Kier alpha value is -1.96. The zero-order chi connectivity index (χ0) is 21.4. The second-order valence-corrected chi connectivity index (χ2v) is 8.14. The van der Waals surface area contributed by atoms with Gasteiger partial charge in [-0.15, -0.1) is 0 Å². The smallest absolute Gasteiger partial charge is 0.401 e. The zero-order valence-electron chi connectivity index (χ0n) is 17.7. The number of aliphatic imine (C=N–C) groups is 1. The van der Waals surface area contributed by atoms with Crippen molar-refractivity contribution in [1.29, 1.82) is 0 Å². The summed E-state index contributed by atoms with van der Waals surface area (Å²) in [7, 11) is 0. The molecule has 0 aromatic heterocycles. The van der Waals surface area contributed by atoms with Crippen LogP contribution in [0.25, 0.3) is 0 Å². The Labute approximate surface area is 177 Å². The van der Waals surface area contributed by atoms with E-state index in [1.807, 2.05) is 25.1 Å². The lowest BCUT2D eigenvalue weighted by molar-refractivity contribution is -0.148. The Morgan fingerprint density at radius 1 is 1.17 bits per heavy atom. The summed E-state index contributed by atoms with van der Waals surface area (Å²) in [5, 5.41) is 6.69. The molecule has 30 heavy (non-hydrogen) atoms. The van der Waals surface area contributed by atoms with Gasteiger partial charge in [-0.05, 0) is 63.2 Å². The van der Waals surface area contributed by atoms with Crippen molar-refractivity contribution in [2.75, 3.05) is 45.9 Å². The van der Waals surface area contributed by atoms with E-state index in [0.29, 0.717) is 38.1 Å². The van der Waals surface area contributed by atoms with Gasteiger partial charge in [-0.25, -0.2) is 0 Å². The van der Waals surface area contributed by atoms with Crippen molar-refractivity contribution in [3.05, 3.63) is 29.8 Å². The van der Waals surface area contributed by atoms with Gasteiger partial charge < -0.3 is 15.4 Å². The normalized spacial score (nSPS) is 21.1. The topological polar surface area (TPSA) is 48.9 Å². The third-order valence-corrected chi connectivity index (χ3v) is 5.85. The molecule has 1 aromatic rings. The van der Waals surface area contributed by atoms with E-state index in [-0.39, 0.29) is 0 Å². The van der Waals surface area contributed by atoms with Crippen molar-refractivity contribution in [1.82, 2.24) is 15.5 Å². The van der Waals surface area contributed by atoms with Gasteiger partial charge in [0, 0.05) is 25.6 Å². The fourth-order valence-corrected chi connectivity index (χ4v) is 4.23. The van der Waals surface area contributed by atoms with Crippen LogP contribution in [0.2, 0.25) is 0 Å². The Morgan fingerprint density at radius 2 is 1.93 bits per heavy atom. The van der Waals surface area contributed by atoms with Gasteiger partial charge in [0.1, 0.15) is 5.75 Å². The van der Waals surface area contributed by atoms with Crippen LogP contribution in [0.5, 0.6) is 5.75 Å². The molecule has 3 rings (SSSR count). The van der Waals surface area contributed by atoms with E-state index < -0.39 is 12.7 Å². The quantitative estimate of drug-likeness (QED) is 0.515. The fraction of sp³-hybridized carbons (Fsp3) is 0.682. The maximum Gasteiger partial charge on any atom is 0.401 e. The third kappa shape index (κ3) is 7.07. The number of piperidine rings is 1. The van der Waals surface area contributed by atoms with E-state index in [4.69, 9.17) is 9.73 Å². The lowest BCUT2D eigenvalue weighted by atomic mass is 9.93. The second kappa shape index (κ2) is 10.9. The summed E-state index contributed by atoms with van der Waals surface area (Å²) in [6.45, 7) is 5.29. The van der Waals surface area contributed by atoms with Gasteiger partial charge in [0.05, 0.1) is 13.2 Å². The van der Waals surface area contributed by atoms with Crippen molar-refractivity contribution in [3.8, 4) is 5.75 Å². The first-order valence-corrected chi connectivity index (χ1v) is 11.0. The van der Waals surface area contributed by atoms with Gasteiger partial charge in [0.25, 0.3) is 0 Å². The van der Waals surface area contributed by atoms with Crippen LogP contribution in [0.4, 0.5) is 13.2 Å². The van der Waals surface area contributed by atoms with Crippen molar-refractivity contribution >= 4 is 5.96 Å². The van der Waals surface area contributed by atoms with Crippen molar-refractivity contribution in [3.63, 3.8) is 0 Å². The highest BCUT2D eigenvalue weighted by Gasteiger charge is 2.32. The molecule has 2 aliphatic rings. The molecule has 0 radical (unpaired) electrons. The average Bonchev–Trinajstić information content (AvgIpc) is 2.72. The molecule has 0 aliphatic carbocycles. The summed E-state index contributed by atoms with van der Waals surface area (Å²) in [6, 6.07) is 8.15. The Balaban J connectivity index is 1.43. The number of ether oxygens (including phenoxy) is 1. The number of halogens is 3. The average molecular weight is 427 g/mol. The maximum atomic E-state index is 12.5. The molecular weight excluding hydrogens is 393 g/mol. The van der Waals surface area contributed by atoms with Gasteiger partial charge in [-0.1, -0.05) is 18.2 Å². The number of guanidine groups is 1. The third-order valence-electron chi connectivity index (χ3n) is 5.85. The van der Waals surface area contributed by atoms with Crippen LogP contribution >= 0.6 is 0 Å². The molecule has 0 amide bonds. The van der Waals surface area contributed by atoms with Gasteiger partial charge >= 0.3 is 6.18 Å². The van der Waals surface area contributed by atoms with Crippen LogP contribution in [0.15, 0.2) is 29.3 Å². The molecule has 1 saturated heterocycles. The summed E-state index contributed by atoms with van der Waals surface area (Å²) in [4.78, 5) is 6.29. The number of hydrogen-bond donors (Lipinski definition) is 2. The van der Waals surface area contributed by atoms with Gasteiger partial charge in [0.15, 0.2) is 5.96 Å². The maximum absolute atomic E-state index is 12.5. The van der Waals surface area contributed by atoms with Gasteiger partial charge in [-0.2, -0.15) is 13.2 Å². The fourth-order valence-electron chi connectivity index (χ4n) is 4.23. The molecule has 2 aliphatic heterocycles. The molecule has 5 nitrogen and oxygen atoms in total. The minimum Gasteiger partial charge on any atom is -0.493 e. The van der Waals surface area contributed by atoms with Crippen LogP contribution < -0.4 is 15.4 Å². The first-order chi connectivity index (χ1) is 14.4. The molecule has 0 spiro atoms. The molecule has 0 bridgehead atoms. The Morgan fingerprint density at radius 3 is 2.67 bits per heavy atom. The predicted octanol–water partition coefficient (Wildman–Crippen LogP) is 3.77. The molecule has 1 unspecified atom stereocenters. The number of para-hydroxylation sites is 1. The lowest BCUT2D eigenvalue weighted by Crippen LogP contribution is -2.41. The molecule has 8 heteroatoms. The van der Waals surface area contributed by atoms with Crippen molar-refractivity contribution in [2.45, 2.75) is 44.7 Å². The summed E-state index contributed by atoms with van der Waals surface area (Å²) in [5.74, 6) is 2.57. The van der Waals surface area contributed by atoms with E-state index >= 15 is 0 Å². The van der Waals surface area contributed by atoms with E-state index in [1.165, 1.54) is 10.5 Å². The number of benzene rings is 1. The van der Waals surface area contributed by atoms with Crippen LogP contribution in [0.3, 0.4) is 0 Å². The summed E-state index contributed by atoms with van der Waals surface area (Å²) in [6.07, 6.45) is -0.550. The summed E-state index contributed by atoms with van der Waals surface area (Å²) < 4.78 is 43.3. The highest BCUT2D eigenvalue weighted by molar-refractivity contribution is 5.79. The van der Waals surface area contributed by atoms with Gasteiger partial charge in [0.2, 0.25) is 0 Å². The summed E-state index contributed by atoms with van der Waals surface area (Å²) >= 11 is 0. The highest BCUT2D eigenvalue weighted by Crippen LogP contribution is 2.33.